The van der Waals surface area contributed by atoms with Crippen LogP contribution in [0.4, 0.5) is 4.79 Å². The quantitative estimate of drug-likeness (QED) is 0.169. The van der Waals surface area contributed by atoms with Crippen LogP contribution in [0.1, 0.15) is 55.0 Å². The van der Waals surface area contributed by atoms with Crippen molar-refractivity contribution in [3.05, 3.63) is 129 Å². The Hall–Kier alpha value is -4.43. The zero-order valence-corrected chi connectivity index (χ0v) is 27.8. The highest BCUT2D eigenvalue weighted by Gasteiger charge is 2.29. The molecule has 7 nitrogen and oxygen atoms in total. The van der Waals surface area contributed by atoms with Crippen LogP contribution < -0.4 is 10.9 Å². The smallest absolute Gasteiger partial charge is 0.407 e. The summed E-state index contributed by atoms with van der Waals surface area (Å²) in [7, 11) is 0. The van der Waals surface area contributed by atoms with Crippen molar-refractivity contribution in [2.24, 2.45) is 0 Å². The van der Waals surface area contributed by atoms with Crippen LogP contribution in [-0.4, -0.2) is 41.1 Å². The van der Waals surface area contributed by atoms with Crippen LogP contribution in [0, 0.1) is 6.92 Å². The van der Waals surface area contributed by atoms with Gasteiger partial charge in [0.05, 0.1) is 17.7 Å². The molecule has 1 amide bonds. The summed E-state index contributed by atoms with van der Waals surface area (Å²) in [6.07, 6.45) is -1.13. The number of halogens is 1. The lowest BCUT2D eigenvalue weighted by Crippen LogP contribution is -2.32. The van der Waals surface area contributed by atoms with E-state index in [0.717, 1.165) is 38.8 Å². The Morgan fingerprint density at radius 2 is 1.60 bits per heavy atom. The number of rotatable bonds is 9. The highest BCUT2D eigenvalue weighted by molar-refractivity contribution is 6.30. The summed E-state index contributed by atoms with van der Waals surface area (Å²) in [5.41, 5.74) is 8.10. The molecule has 1 unspecified atom stereocenters. The number of benzene rings is 4. The van der Waals surface area contributed by atoms with Gasteiger partial charge in [0.25, 0.3) is 5.56 Å². The molecule has 5 aromatic rings. The maximum Gasteiger partial charge on any atom is 0.407 e. The molecule has 0 saturated carbocycles. The standard InChI is InChI=1S/C39H39ClN2O5/c1-24-21-33-31(37(25-13-15-26(40)16-14-25)36(24)34(22-43)47-39(2,3)4)17-18-35(44)42(33)20-19-41-38(45)46-23-32-29-11-7-5-9-27(29)28-10-6-8-12-30(28)32/h5-18,21,32,34,43H,19-20,22-23H2,1-4H3,(H,41,45). The molecule has 2 N–H and O–H groups in total. The molecule has 4 aromatic carbocycles. The highest BCUT2D eigenvalue weighted by atomic mass is 35.5. The third kappa shape index (κ3) is 6.70. The number of amides is 1. The zero-order chi connectivity index (χ0) is 33.3. The Morgan fingerprint density at radius 3 is 2.21 bits per heavy atom. The Bertz CT molecular complexity index is 1950. The van der Waals surface area contributed by atoms with E-state index in [9.17, 15) is 14.7 Å². The lowest BCUT2D eigenvalue weighted by molar-refractivity contribution is -0.0821. The minimum Gasteiger partial charge on any atom is -0.449 e. The first-order chi connectivity index (χ1) is 22.6. The molecule has 0 saturated heterocycles. The number of aliphatic hydroxyl groups excluding tert-OH is 1. The third-order valence-corrected chi connectivity index (χ3v) is 8.86. The van der Waals surface area contributed by atoms with Gasteiger partial charge < -0.3 is 24.5 Å². The normalized spacial score (nSPS) is 13.3. The molecule has 8 heteroatoms. The summed E-state index contributed by atoms with van der Waals surface area (Å²) in [6, 6.07) is 29.2. The number of nitrogens with one attached hydrogen (secondary N) is 1. The largest absolute Gasteiger partial charge is 0.449 e. The minimum atomic E-state index is -0.597. The van der Waals surface area contributed by atoms with Crippen molar-refractivity contribution in [2.45, 2.75) is 51.9 Å². The molecule has 0 spiro atoms. The number of aryl methyl sites for hydroxylation is 1. The van der Waals surface area contributed by atoms with E-state index in [2.05, 4.69) is 29.6 Å². The maximum atomic E-state index is 13.2. The Morgan fingerprint density at radius 1 is 0.957 bits per heavy atom. The first kappa shape index (κ1) is 32.5. The SMILES string of the molecule is Cc1cc2c(ccc(=O)n2CCNC(=O)OCC2c3ccccc3-c3ccccc32)c(-c2ccc(Cl)cc2)c1C(CO)OC(C)(C)C. The summed E-state index contributed by atoms with van der Waals surface area (Å²) in [5.74, 6) is -0.0395. The van der Waals surface area contributed by atoms with E-state index in [-0.39, 0.29) is 37.8 Å². The Labute approximate surface area is 279 Å². The summed E-state index contributed by atoms with van der Waals surface area (Å²) in [4.78, 5) is 26.1. The molecule has 242 valence electrons. The second kappa shape index (κ2) is 13.4. The summed E-state index contributed by atoms with van der Waals surface area (Å²) in [6.45, 7) is 8.25. The number of aliphatic hydroxyl groups is 1. The lowest BCUT2D eigenvalue weighted by Gasteiger charge is -2.30. The van der Waals surface area contributed by atoms with Crippen molar-refractivity contribution in [1.29, 1.82) is 0 Å². The lowest BCUT2D eigenvalue weighted by atomic mass is 9.88. The van der Waals surface area contributed by atoms with Crippen LogP contribution in [0.15, 0.2) is 95.8 Å². The molecule has 0 aliphatic heterocycles. The number of aromatic nitrogens is 1. The van der Waals surface area contributed by atoms with Gasteiger partial charge in [-0.05, 0) is 96.5 Å². The van der Waals surface area contributed by atoms with Crippen molar-refractivity contribution in [1.82, 2.24) is 9.88 Å². The van der Waals surface area contributed by atoms with E-state index in [0.29, 0.717) is 10.5 Å². The summed E-state index contributed by atoms with van der Waals surface area (Å²) < 4.78 is 13.7. The topological polar surface area (TPSA) is 89.8 Å². The van der Waals surface area contributed by atoms with Gasteiger partial charge in [-0.25, -0.2) is 4.79 Å². The molecule has 1 aliphatic carbocycles. The van der Waals surface area contributed by atoms with Crippen molar-refractivity contribution in [2.75, 3.05) is 19.8 Å². The van der Waals surface area contributed by atoms with E-state index in [1.165, 1.54) is 17.2 Å². The van der Waals surface area contributed by atoms with Crippen LogP contribution in [-0.2, 0) is 16.0 Å². The van der Waals surface area contributed by atoms with Crippen LogP contribution in [0.2, 0.25) is 5.02 Å². The second-order valence-corrected chi connectivity index (χ2v) is 13.3. The van der Waals surface area contributed by atoms with Crippen LogP contribution in [0.25, 0.3) is 33.2 Å². The van der Waals surface area contributed by atoms with Crippen molar-refractivity contribution in [3.8, 4) is 22.3 Å². The van der Waals surface area contributed by atoms with Crippen molar-refractivity contribution in [3.63, 3.8) is 0 Å². The number of pyridine rings is 1. The zero-order valence-electron chi connectivity index (χ0n) is 27.0. The van der Waals surface area contributed by atoms with Crippen LogP contribution >= 0.6 is 11.6 Å². The van der Waals surface area contributed by atoms with Gasteiger partial charge in [-0.3, -0.25) is 4.79 Å². The number of ether oxygens (including phenoxy) is 2. The average Bonchev–Trinajstić information content (AvgIpc) is 3.37. The molecule has 1 heterocycles. The van der Waals surface area contributed by atoms with Crippen molar-refractivity contribution < 1.29 is 19.4 Å². The molecule has 1 aromatic heterocycles. The van der Waals surface area contributed by atoms with Crippen LogP contribution in [0.5, 0.6) is 0 Å². The number of hydrogen-bond donors (Lipinski definition) is 2. The minimum absolute atomic E-state index is 0.0395. The Kier molecular flexibility index (Phi) is 9.24. The molecule has 0 fully saturated rings. The molecular formula is C39H39ClN2O5. The van der Waals surface area contributed by atoms with E-state index in [4.69, 9.17) is 21.1 Å². The van der Waals surface area contributed by atoms with Gasteiger partial charge in [0.1, 0.15) is 12.7 Å². The van der Waals surface area contributed by atoms with E-state index >= 15 is 0 Å². The second-order valence-electron chi connectivity index (χ2n) is 12.9. The van der Waals surface area contributed by atoms with Gasteiger partial charge in [0.2, 0.25) is 0 Å². The fourth-order valence-electron chi connectivity index (χ4n) is 6.69. The monoisotopic (exact) mass is 650 g/mol. The molecule has 0 radical (unpaired) electrons. The van der Waals surface area contributed by atoms with E-state index in [1.54, 1.807) is 4.57 Å². The molecular weight excluding hydrogens is 612 g/mol. The highest BCUT2D eigenvalue weighted by Crippen LogP contribution is 2.44. The third-order valence-electron chi connectivity index (χ3n) is 8.61. The molecule has 6 rings (SSSR count). The molecule has 47 heavy (non-hydrogen) atoms. The van der Waals surface area contributed by atoms with Gasteiger partial charge >= 0.3 is 6.09 Å². The number of carbonyl (C=O) groups is 1. The fourth-order valence-corrected chi connectivity index (χ4v) is 6.82. The maximum absolute atomic E-state index is 13.2. The van der Waals surface area contributed by atoms with Gasteiger partial charge in [-0.1, -0.05) is 72.3 Å². The predicted molar refractivity (Wildman–Crippen MR) is 187 cm³/mol. The number of carbonyl (C=O) groups excluding carboxylic acids is 1. The number of hydrogen-bond acceptors (Lipinski definition) is 5. The van der Waals surface area contributed by atoms with E-state index in [1.807, 2.05) is 88.4 Å². The summed E-state index contributed by atoms with van der Waals surface area (Å²) >= 11 is 6.24. The molecule has 1 aliphatic rings. The van der Waals surface area contributed by atoms with Crippen LogP contribution in [0.3, 0.4) is 0 Å². The number of nitrogens with zero attached hydrogens (tertiary/aromatic N) is 1. The number of fused-ring (bicyclic) bond motifs is 4. The van der Waals surface area contributed by atoms with E-state index < -0.39 is 17.8 Å². The first-order valence-electron chi connectivity index (χ1n) is 15.9. The fraction of sp³-hybridized carbons (Fsp3) is 0.282. The van der Waals surface area contributed by atoms with Crippen molar-refractivity contribution >= 4 is 28.6 Å². The van der Waals surface area contributed by atoms with Gasteiger partial charge in [-0.2, -0.15) is 0 Å². The predicted octanol–water partition coefficient (Wildman–Crippen LogP) is 8.02. The van der Waals surface area contributed by atoms with Gasteiger partial charge in [0, 0.05) is 35.5 Å². The average molecular weight is 651 g/mol. The molecule has 0 bridgehead atoms. The Balaban J connectivity index is 1.25. The summed E-state index contributed by atoms with van der Waals surface area (Å²) in [5, 5.41) is 14.7. The van der Waals surface area contributed by atoms with Gasteiger partial charge in [-0.15, -0.1) is 0 Å². The van der Waals surface area contributed by atoms with Gasteiger partial charge in [0.15, 0.2) is 0 Å². The molecule has 1 atom stereocenters. The number of alkyl carbamates (subject to hydrolysis) is 1. The first-order valence-corrected chi connectivity index (χ1v) is 16.2.